The Kier molecular flexibility index (Phi) is 5.25. The number of hydrogen-bond acceptors (Lipinski definition) is 3. The molecule has 0 spiro atoms. The van der Waals surface area contributed by atoms with Crippen molar-refractivity contribution >= 4 is 39.0 Å². The summed E-state index contributed by atoms with van der Waals surface area (Å²) in [5, 5.41) is 6.22. The maximum atomic E-state index is 13.8. The number of thiophene rings is 1. The van der Waals surface area contributed by atoms with E-state index in [2.05, 4.69) is 10.6 Å². The van der Waals surface area contributed by atoms with Crippen LogP contribution in [-0.2, 0) is 6.54 Å². The molecule has 0 radical (unpaired) electrons. The minimum Gasteiger partial charge on any atom is -0.347 e. The van der Waals surface area contributed by atoms with E-state index in [-0.39, 0.29) is 17.8 Å². The molecule has 5 nitrogen and oxygen atoms in total. The molecule has 28 heavy (non-hydrogen) atoms. The van der Waals surface area contributed by atoms with Crippen molar-refractivity contribution < 1.29 is 14.0 Å². The number of carbonyl (C=O) groups is 2. The highest BCUT2D eigenvalue weighted by molar-refractivity contribution is 7.20. The lowest BCUT2D eigenvalue weighted by Crippen LogP contribution is -2.32. The number of benzene rings is 2. The first-order valence-electron chi connectivity index (χ1n) is 9.21. The zero-order valence-corrected chi connectivity index (χ0v) is 16.0. The highest BCUT2D eigenvalue weighted by Crippen LogP contribution is 2.27. The van der Waals surface area contributed by atoms with Gasteiger partial charge in [0.1, 0.15) is 5.82 Å². The quantitative estimate of drug-likeness (QED) is 0.676. The molecule has 2 aromatic carbocycles. The van der Waals surface area contributed by atoms with Crippen molar-refractivity contribution in [2.45, 2.75) is 19.4 Å². The smallest absolute Gasteiger partial charge is 0.321 e. The Morgan fingerprint density at radius 2 is 1.86 bits per heavy atom. The van der Waals surface area contributed by atoms with E-state index < -0.39 is 0 Å². The molecule has 3 aromatic rings. The highest BCUT2D eigenvalue weighted by atomic mass is 32.1. The summed E-state index contributed by atoms with van der Waals surface area (Å²) in [5.41, 5.74) is 1.58. The second-order valence-corrected chi connectivity index (χ2v) is 7.85. The minimum absolute atomic E-state index is 0.0917. The monoisotopic (exact) mass is 397 g/mol. The Morgan fingerprint density at radius 1 is 1.07 bits per heavy atom. The SMILES string of the molecule is O=C(NCc1cccc(NC(=O)N2CCCC2)c1)c1cc2c(F)cccc2s1. The van der Waals surface area contributed by atoms with Gasteiger partial charge in [-0.2, -0.15) is 0 Å². The Bertz CT molecular complexity index is 1030. The van der Waals surface area contributed by atoms with Crippen molar-refractivity contribution in [3.63, 3.8) is 0 Å². The van der Waals surface area contributed by atoms with Gasteiger partial charge in [-0.3, -0.25) is 4.79 Å². The van der Waals surface area contributed by atoms with E-state index in [0.717, 1.165) is 36.2 Å². The van der Waals surface area contributed by atoms with Crippen LogP contribution in [0.15, 0.2) is 48.5 Å². The molecule has 144 valence electrons. The third-order valence-electron chi connectivity index (χ3n) is 4.76. The van der Waals surface area contributed by atoms with Gasteiger partial charge in [0.05, 0.1) is 4.88 Å². The molecule has 1 aromatic heterocycles. The molecular weight excluding hydrogens is 377 g/mol. The number of rotatable bonds is 4. The van der Waals surface area contributed by atoms with Crippen LogP contribution in [0.25, 0.3) is 10.1 Å². The van der Waals surface area contributed by atoms with Gasteiger partial charge in [-0.1, -0.05) is 18.2 Å². The van der Waals surface area contributed by atoms with E-state index in [1.807, 2.05) is 24.3 Å². The number of hydrogen-bond donors (Lipinski definition) is 2. The first-order chi connectivity index (χ1) is 13.6. The average Bonchev–Trinajstić information content (AvgIpc) is 3.37. The minimum atomic E-state index is -0.325. The van der Waals surface area contributed by atoms with Crippen LogP contribution in [0.2, 0.25) is 0 Å². The van der Waals surface area contributed by atoms with Gasteiger partial charge in [-0.15, -0.1) is 11.3 Å². The molecule has 2 heterocycles. The maximum Gasteiger partial charge on any atom is 0.321 e. The number of urea groups is 1. The molecule has 1 aliphatic heterocycles. The summed E-state index contributed by atoms with van der Waals surface area (Å²) in [6, 6.07) is 13.7. The van der Waals surface area contributed by atoms with Crippen LogP contribution in [0.5, 0.6) is 0 Å². The number of nitrogens with zero attached hydrogens (tertiary/aromatic N) is 1. The second kappa shape index (κ2) is 7.98. The second-order valence-electron chi connectivity index (χ2n) is 6.77. The molecule has 0 aliphatic carbocycles. The number of anilines is 1. The summed E-state index contributed by atoms with van der Waals surface area (Å²) >= 11 is 1.27. The van der Waals surface area contributed by atoms with E-state index in [4.69, 9.17) is 0 Å². The Hall–Kier alpha value is -2.93. The highest BCUT2D eigenvalue weighted by Gasteiger charge is 2.18. The lowest BCUT2D eigenvalue weighted by molar-refractivity contribution is 0.0955. The summed E-state index contributed by atoms with van der Waals surface area (Å²) in [5.74, 6) is -0.568. The number of carbonyl (C=O) groups excluding carboxylic acids is 2. The molecule has 4 rings (SSSR count). The number of amides is 3. The van der Waals surface area contributed by atoms with Crippen LogP contribution in [0, 0.1) is 5.82 Å². The lowest BCUT2D eigenvalue weighted by atomic mass is 10.2. The normalized spacial score (nSPS) is 13.7. The van der Waals surface area contributed by atoms with Gasteiger partial charge in [-0.05, 0) is 48.7 Å². The average molecular weight is 397 g/mol. The van der Waals surface area contributed by atoms with Gasteiger partial charge in [0.2, 0.25) is 0 Å². The van der Waals surface area contributed by atoms with Crippen LogP contribution < -0.4 is 10.6 Å². The molecule has 3 amide bonds. The Morgan fingerprint density at radius 3 is 2.64 bits per heavy atom. The van der Waals surface area contributed by atoms with Crippen molar-refractivity contribution in [1.29, 1.82) is 0 Å². The van der Waals surface area contributed by atoms with Crippen molar-refractivity contribution in [2.75, 3.05) is 18.4 Å². The fraction of sp³-hybridized carbons (Fsp3) is 0.238. The molecule has 0 unspecified atom stereocenters. The predicted octanol–water partition coefficient (Wildman–Crippen LogP) is 4.60. The zero-order valence-electron chi connectivity index (χ0n) is 15.2. The summed E-state index contributed by atoms with van der Waals surface area (Å²) in [7, 11) is 0. The van der Waals surface area contributed by atoms with Gasteiger partial charge in [0.15, 0.2) is 0 Å². The molecule has 2 N–H and O–H groups in total. The standard InChI is InChI=1S/C21H20FN3O2S/c22-17-7-4-8-18-16(17)12-19(28-18)20(26)23-13-14-5-3-6-15(11-14)24-21(27)25-9-1-2-10-25/h3-8,11-12H,1-2,9-10,13H2,(H,23,26)(H,24,27). The van der Waals surface area contributed by atoms with E-state index in [0.29, 0.717) is 22.5 Å². The van der Waals surface area contributed by atoms with Crippen LogP contribution in [0.1, 0.15) is 28.1 Å². The van der Waals surface area contributed by atoms with E-state index in [1.165, 1.54) is 17.4 Å². The molecular formula is C21H20FN3O2S. The van der Waals surface area contributed by atoms with E-state index >= 15 is 0 Å². The van der Waals surface area contributed by atoms with Gasteiger partial charge in [-0.25, -0.2) is 9.18 Å². The van der Waals surface area contributed by atoms with Crippen LogP contribution >= 0.6 is 11.3 Å². The number of fused-ring (bicyclic) bond motifs is 1. The molecule has 0 atom stereocenters. The molecule has 1 fully saturated rings. The number of likely N-dealkylation sites (tertiary alicyclic amines) is 1. The van der Waals surface area contributed by atoms with Crippen LogP contribution in [0.3, 0.4) is 0 Å². The van der Waals surface area contributed by atoms with Crippen molar-refractivity contribution in [3.8, 4) is 0 Å². The van der Waals surface area contributed by atoms with E-state index in [9.17, 15) is 14.0 Å². The van der Waals surface area contributed by atoms with E-state index in [1.54, 1.807) is 23.1 Å². The van der Waals surface area contributed by atoms with Crippen molar-refractivity contribution in [3.05, 3.63) is 64.8 Å². The van der Waals surface area contributed by atoms with Crippen molar-refractivity contribution in [2.24, 2.45) is 0 Å². The summed E-state index contributed by atoms with van der Waals surface area (Å²) < 4.78 is 14.6. The number of halogens is 1. The van der Waals surface area contributed by atoms with Gasteiger partial charge in [0, 0.05) is 35.4 Å². The van der Waals surface area contributed by atoms with Gasteiger partial charge < -0.3 is 15.5 Å². The fourth-order valence-corrected chi connectivity index (χ4v) is 4.28. The third kappa shape index (κ3) is 3.99. The summed E-state index contributed by atoms with van der Waals surface area (Å²) in [4.78, 5) is 26.9. The first kappa shape index (κ1) is 18.4. The molecule has 1 aliphatic rings. The molecule has 7 heteroatoms. The fourth-order valence-electron chi connectivity index (χ4n) is 3.29. The third-order valence-corrected chi connectivity index (χ3v) is 5.86. The number of nitrogens with one attached hydrogen (secondary N) is 2. The predicted molar refractivity (Wildman–Crippen MR) is 109 cm³/mol. The summed E-state index contributed by atoms with van der Waals surface area (Å²) in [6.45, 7) is 1.90. The van der Waals surface area contributed by atoms with Gasteiger partial charge in [0.25, 0.3) is 5.91 Å². The molecule has 0 saturated carbocycles. The lowest BCUT2D eigenvalue weighted by Gasteiger charge is -2.16. The Balaban J connectivity index is 1.39. The maximum absolute atomic E-state index is 13.8. The largest absolute Gasteiger partial charge is 0.347 e. The van der Waals surface area contributed by atoms with Crippen molar-refractivity contribution in [1.82, 2.24) is 10.2 Å². The molecule has 0 bridgehead atoms. The van der Waals surface area contributed by atoms with Gasteiger partial charge >= 0.3 is 6.03 Å². The topological polar surface area (TPSA) is 61.4 Å². The molecule has 1 saturated heterocycles. The Labute approximate surface area is 166 Å². The van der Waals surface area contributed by atoms with Crippen LogP contribution in [-0.4, -0.2) is 29.9 Å². The first-order valence-corrected chi connectivity index (χ1v) is 10.0. The summed E-state index contributed by atoms with van der Waals surface area (Å²) in [6.07, 6.45) is 2.09. The van der Waals surface area contributed by atoms with Crippen LogP contribution in [0.4, 0.5) is 14.9 Å². The zero-order chi connectivity index (χ0) is 19.5.